The van der Waals surface area contributed by atoms with E-state index in [9.17, 15) is 44.1 Å². The number of aromatic hydroxyl groups is 1. The van der Waals surface area contributed by atoms with Crippen molar-refractivity contribution in [1.82, 2.24) is 0 Å². The Morgan fingerprint density at radius 2 is 1.77 bits per heavy atom. The van der Waals surface area contributed by atoms with E-state index in [1.54, 1.807) is 0 Å². The lowest BCUT2D eigenvalue weighted by Gasteiger charge is -2.48. The van der Waals surface area contributed by atoms with Gasteiger partial charge in [-0.1, -0.05) is 0 Å². The molecule has 2 saturated carbocycles. The van der Waals surface area contributed by atoms with Gasteiger partial charge in [-0.05, 0) is 42.5 Å². The third-order valence-electron chi connectivity index (χ3n) is 7.43. The molecule has 1 aromatic heterocycles. The Hall–Kier alpha value is -4.12. The van der Waals surface area contributed by atoms with Crippen LogP contribution < -0.4 is 5.73 Å². The van der Waals surface area contributed by atoms with E-state index in [0.29, 0.717) is 0 Å². The summed E-state index contributed by atoms with van der Waals surface area (Å²) in [7, 11) is 0. The molecule has 5 atom stereocenters. The molecule has 5 N–H and O–H groups in total. The molecule has 11 nitrogen and oxygen atoms in total. The molecule has 5 rings (SSSR count). The van der Waals surface area contributed by atoms with Crippen LogP contribution >= 0.6 is 0 Å². The van der Waals surface area contributed by atoms with Gasteiger partial charge in [-0.3, -0.25) is 24.0 Å². The van der Waals surface area contributed by atoms with Gasteiger partial charge in [-0.2, -0.15) is 0 Å². The van der Waals surface area contributed by atoms with Crippen LogP contribution in [0.2, 0.25) is 0 Å². The molecule has 3 aliphatic rings. The molecule has 0 spiro atoms. The van der Waals surface area contributed by atoms with Crippen LogP contribution in [0.5, 0.6) is 5.75 Å². The number of fused-ring (bicyclic) bond motifs is 3. The molecule has 3 aliphatic carbocycles. The van der Waals surface area contributed by atoms with Crippen LogP contribution in [-0.2, 0) is 25.6 Å². The number of phenols is 1. The summed E-state index contributed by atoms with van der Waals surface area (Å²) in [4.78, 5) is 75.6. The number of amides is 1. The number of benzene rings is 1. The fourth-order valence-electron chi connectivity index (χ4n) is 5.87. The first kappa shape index (κ1) is 22.7. The summed E-state index contributed by atoms with van der Waals surface area (Å²) in [6.07, 6.45) is 0.666. The van der Waals surface area contributed by atoms with Crippen molar-refractivity contribution >= 4 is 35.0 Å². The second-order valence-corrected chi connectivity index (χ2v) is 9.19. The number of carboxylic acids is 1. The van der Waals surface area contributed by atoms with Crippen molar-refractivity contribution < 1.29 is 48.5 Å². The maximum absolute atomic E-state index is 13.5. The zero-order valence-corrected chi connectivity index (χ0v) is 18.0. The molecule has 2 aromatic rings. The van der Waals surface area contributed by atoms with Gasteiger partial charge in [0.05, 0.1) is 17.7 Å². The van der Waals surface area contributed by atoms with Gasteiger partial charge in [0.15, 0.2) is 34.7 Å². The van der Waals surface area contributed by atoms with Crippen molar-refractivity contribution in [1.29, 1.82) is 0 Å². The predicted molar refractivity (Wildman–Crippen MR) is 113 cm³/mol. The third kappa shape index (κ3) is 2.94. The van der Waals surface area contributed by atoms with Crippen LogP contribution in [0.3, 0.4) is 0 Å². The van der Waals surface area contributed by atoms with Crippen LogP contribution in [0.4, 0.5) is 0 Å². The van der Waals surface area contributed by atoms with Gasteiger partial charge in [-0.25, -0.2) is 4.79 Å². The van der Waals surface area contributed by atoms with Crippen molar-refractivity contribution in [3.05, 3.63) is 41.2 Å². The number of carbonyl (C=O) groups excluding carboxylic acids is 5. The molecule has 2 unspecified atom stereocenters. The zero-order valence-electron chi connectivity index (χ0n) is 18.0. The summed E-state index contributed by atoms with van der Waals surface area (Å²) in [6.45, 7) is 0. The van der Waals surface area contributed by atoms with Gasteiger partial charge < -0.3 is 25.5 Å². The number of hydrogen-bond acceptors (Lipinski definition) is 9. The minimum absolute atomic E-state index is 0.00911. The standard InChI is InChI=1S/C24H19NO10/c25-22(31)17-14(27)7-9-5-8-6-12-10(19-11(23(32)33)3-4-35-19)1-2-13(26)16(12)18(28)15(8)20(29)24(9,34)21(17)30/h1-4,8-9,15,17,26,34H,5-7H2,(H2,25,31)(H,32,33)/t8-,9+,15?,17?,24+/m1/s1. The van der Waals surface area contributed by atoms with E-state index >= 15 is 0 Å². The lowest BCUT2D eigenvalue weighted by Crippen LogP contribution is -2.68. The van der Waals surface area contributed by atoms with Crippen LogP contribution in [0, 0.1) is 23.7 Å². The van der Waals surface area contributed by atoms with Crippen molar-refractivity contribution in [2.45, 2.75) is 24.9 Å². The fourth-order valence-corrected chi connectivity index (χ4v) is 5.87. The average Bonchev–Trinajstić information content (AvgIpc) is 3.26. The summed E-state index contributed by atoms with van der Waals surface area (Å²) >= 11 is 0. The molecule has 2 fully saturated rings. The number of carbonyl (C=O) groups is 6. The highest BCUT2D eigenvalue weighted by molar-refractivity contribution is 6.31. The summed E-state index contributed by atoms with van der Waals surface area (Å²) in [5.74, 6) is -12.5. The largest absolute Gasteiger partial charge is 0.507 e. The fraction of sp³-hybridized carbons (Fsp3) is 0.333. The highest BCUT2D eigenvalue weighted by Gasteiger charge is 2.66. The van der Waals surface area contributed by atoms with E-state index in [1.165, 1.54) is 24.5 Å². The molecule has 180 valence electrons. The molecule has 1 amide bonds. The third-order valence-corrected chi connectivity index (χ3v) is 7.43. The summed E-state index contributed by atoms with van der Waals surface area (Å²) in [5.41, 5.74) is 2.53. The Morgan fingerprint density at radius 3 is 2.43 bits per heavy atom. The average molecular weight is 481 g/mol. The van der Waals surface area contributed by atoms with Gasteiger partial charge in [0.2, 0.25) is 5.91 Å². The van der Waals surface area contributed by atoms with Crippen LogP contribution in [0.1, 0.15) is 39.1 Å². The number of hydrogen-bond donors (Lipinski definition) is 4. The first-order valence-corrected chi connectivity index (χ1v) is 10.8. The normalized spacial score (nSPS) is 29.9. The van der Waals surface area contributed by atoms with Crippen molar-refractivity contribution in [3.8, 4) is 17.1 Å². The molecule has 0 saturated heterocycles. The Kier molecular flexibility index (Phi) is 4.82. The summed E-state index contributed by atoms with van der Waals surface area (Å²) < 4.78 is 5.36. The Balaban J connectivity index is 1.63. The van der Waals surface area contributed by atoms with E-state index in [1.807, 2.05) is 0 Å². The Morgan fingerprint density at radius 1 is 1.06 bits per heavy atom. The van der Waals surface area contributed by atoms with E-state index in [4.69, 9.17) is 10.2 Å². The van der Waals surface area contributed by atoms with Gasteiger partial charge >= 0.3 is 5.97 Å². The van der Waals surface area contributed by atoms with Crippen LogP contribution in [0.25, 0.3) is 11.3 Å². The lowest BCUT2D eigenvalue weighted by molar-refractivity contribution is -0.175. The predicted octanol–water partition coefficient (Wildman–Crippen LogP) is 0.285. The SMILES string of the molecule is NC(=O)C1C(=O)C[C@@H]2C[C@@H]3Cc4c(-c5occc5C(=O)O)ccc(O)c4C(=O)C3C(=O)[C@]2(O)C1=O. The van der Waals surface area contributed by atoms with Gasteiger partial charge in [0.25, 0.3) is 0 Å². The van der Waals surface area contributed by atoms with Gasteiger partial charge in [0.1, 0.15) is 17.1 Å². The highest BCUT2D eigenvalue weighted by Crippen LogP contribution is 2.51. The number of aromatic carboxylic acids is 1. The molecule has 35 heavy (non-hydrogen) atoms. The number of primary amides is 1. The second kappa shape index (κ2) is 7.44. The van der Waals surface area contributed by atoms with Gasteiger partial charge in [-0.15, -0.1) is 0 Å². The summed E-state index contributed by atoms with van der Waals surface area (Å²) in [6, 6.07) is 3.81. The number of carboxylic acid groups (broad SMARTS) is 1. The Labute approximate surface area is 196 Å². The molecule has 0 radical (unpaired) electrons. The van der Waals surface area contributed by atoms with E-state index < -0.39 is 76.5 Å². The minimum atomic E-state index is -2.73. The second-order valence-electron chi connectivity index (χ2n) is 9.19. The smallest absolute Gasteiger partial charge is 0.339 e. The van der Waals surface area contributed by atoms with E-state index in [0.717, 1.165) is 0 Å². The molecule has 11 heteroatoms. The van der Waals surface area contributed by atoms with E-state index in [2.05, 4.69) is 0 Å². The maximum Gasteiger partial charge on any atom is 0.339 e. The van der Waals surface area contributed by atoms with Gasteiger partial charge in [0, 0.05) is 17.9 Å². The number of Topliss-reactive ketones (excluding diaryl/α,β-unsaturated/α-hetero) is 4. The Bertz CT molecular complexity index is 1370. The molecule has 1 aromatic carbocycles. The van der Waals surface area contributed by atoms with Crippen molar-refractivity contribution in [3.63, 3.8) is 0 Å². The molecular formula is C24H19NO10. The first-order valence-electron chi connectivity index (χ1n) is 10.8. The minimum Gasteiger partial charge on any atom is -0.507 e. The first-order chi connectivity index (χ1) is 16.5. The number of ketones is 4. The monoisotopic (exact) mass is 481 g/mol. The molecule has 0 bridgehead atoms. The number of nitrogens with two attached hydrogens (primary N) is 1. The quantitative estimate of drug-likeness (QED) is 0.441. The number of rotatable bonds is 3. The van der Waals surface area contributed by atoms with Crippen molar-refractivity contribution in [2.75, 3.05) is 0 Å². The topological polar surface area (TPSA) is 202 Å². The van der Waals surface area contributed by atoms with Crippen LogP contribution in [0.15, 0.2) is 28.9 Å². The lowest BCUT2D eigenvalue weighted by atomic mass is 9.53. The number of phenolic OH excluding ortho intramolecular Hbond substituents is 1. The van der Waals surface area contributed by atoms with Crippen molar-refractivity contribution in [2.24, 2.45) is 29.4 Å². The molecular weight excluding hydrogens is 462 g/mol. The van der Waals surface area contributed by atoms with E-state index in [-0.39, 0.29) is 40.9 Å². The molecule has 0 aliphatic heterocycles. The van der Waals surface area contributed by atoms with Crippen LogP contribution in [-0.4, -0.2) is 55.9 Å². The number of furan rings is 1. The molecule has 1 heterocycles. The highest BCUT2D eigenvalue weighted by atomic mass is 16.4. The summed E-state index contributed by atoms with van der Waals surface area (Å²) in [5, 5.41) is 31.1. The number of aliphatic hydroxyl groups is 1. The zero-order chi connectivity index (χ0) is 25.4. The maximum atomic E-state index is 13.5.